The Hall–Kier alpha value is -1.72. The summed E-state index contributed by atoms with van der Waals surface area (Å²) in [4.78, 5) is 14.4. The van der Waals surface area contributed by atoms with Gasteiger partial charge >= 0.3 is 0 Å². The third-order valence-corrected chi connectivity index (χ3v) is 5.21. The SMILES string of the molecule is O=C(CCCCc1ccc(Br)cc1)N1CCOC(c2ccc(F)cc2)C1. The average molecular weight is 420 g/mol. The van der Waals surface area contributed by atoms with E-state index in [1.807, 2.05) is 17.0 Å². The first-order valence-electron chi connectivity index (χ1n) is 9.01. The predicted molar refractivity (Wildman–Crippen MR) is 103 cm³/mol. The lowest BCUT2D eigenvalue weighted by Gasteiger charge is -2.33. The zero-order valence-electron chi connectivity index (χ0n) is 14.7. The molecule has 1 aliphatic rings. The fourth-order valence-electron chi connectivity index (χ4n) is 3.17. The number of hydrogen-bond donors (Lipinski definition) is 0. The molecule has 3 rings (SSSR count). The van der Waals surface area contributed by atoms with Gasteiger partial charge in [-0.2, -0.15) is 0 Å². The van der Waals surface area contributed by atoms with E-state index in [1.54, 1.807) is 12.1 Å². The van der Waals surface area contributed by atoms with Gasteiger partial charge in [-0.1, -0.05) is 40.2 Å². The number of unbranched alkanes of at least 4 members (excludes halogenated alkanes) is 1. The van der Waals surface area contributed by atoms with Gasteiger partial charge < -0.3 is 9.64 Å². The Labute approximate surface area is 162 Å². The molecule has 1 saturated heterocycles. The molecule has 0 saturated carbocycles. The van der Waals surface area contributed by atoms with E-state index in [0.717, 1.165) is 29.3 Å². The molecule has 1 unspecified atom stereocenters. The molecule has 26 heavy (non-hydrogen) atoms. The van der Waals surface area contributed by atoms with E-state index in [0.29, 0.717) is 26.1 Å². The van der Waals surface area contributed by atoms with Gasteiger partial charge in [-0.25, -0.2) is 4.39 Å². The van der Waals surface area contributed by atoms with E-state index in [2.05, 4.69) is 28.1 Å². The highest BCUT2D eigenvalue weighted by Crippen LogP contribution is 2.23. The van der Waals surface area contributed by atoms with Gasteiger partial charge in [0.05, 0.1) is 13.2 Å². The number of halogens is 2. The van der Waals surface area contributed by atoms with Gasteiger partial charge in [-0.3, -0.25) is 4.79 Å². The number of hydrogen-bond acceptors (Lipinski definition) is 2. The van der Waals surface area contributed by atoms with Crippen molar-refractivity contribution < 1.29 is 13.9 Å². The quantitative estimate of drug-likeness (QED) is 0.623. The Bertz CT molecular complexity index is 718. The first kappa shape index (κ1) is 19.1. The fourth-order valence-corrected chi connectivity index (χ4v) is 3.43. The van der Waals surface area contributed by atoms with Crippen LogP contribution in [0.4, 0.5) is 4.39 Å². The molecule has 0 radical (unpaired) electrons. The molecule has 5 heteroatoms. The van der Waals surface area contributed by atoms with Crippen LogP contribution < -0.4 is 0 Å². The largest absolute Gasteiger partial charge is 0.370 e. The number of aryl methyl sites for hydroxylation is 1. The number of benzene rings is 2. The Morgan fingerprint density at radius 2 is 1.85 bits per heavy atom. The van der Waals surface area contributed by atoms with Crippen LogP contribution >= 0.6 is 15.9 Å². The molecule has 138 valence electrons. The molecule has 3 nitrogen and oxygen atoms in total. The molecule has 2 aromatic rings. The van der Waals surface area contributed by atoms with Crippen LogP contribution in [0.2, 0.25) is 0 Å². The fraction of sp³-hybridized carbons (Fsp3) is 0.381. The Kier molecular flexibility index (Phi) is 6.80. The van der Waals surface area contributed by atoms with Gasteiger partial charge in [-0.15, -0.1) is 0 Å². The van der Waals surface area contributed by atoms with Crippen molar-refractivity contribution in [2.45, 2.75) is 31.8 Å². The maximum atomic E-state index is 13.1. The molecule has 0 aromatic heterocycles. The Morgan fingerprint density at radius 3 is 2.58 bits per heavy atom. The molecule has 1 fully saturated rings. The van der Waals surface area contributed by atoms with E-state index in [1.165, 1.54) is 17.7 Å². The van der Waals surface area contributed by atoms with Crippen molar-refractivity contribution in [3.8, 4) is 0 Å². The highest BCUT2D eigenvalue weighted by Gasteiger charge is 2.25. The first-order valence-corrected chi connectivity index (χ1v) is 9.80. The molecule has 1 aliphatic heterocycles. The molecule has 0 aliphatic carbocycles. The number of rotatable bonds is 6. The third-order valence-electron chi connectivity index (χ3n) is 4.68. The second-order valence-corrected chi connectivity index (χ2v) is 7.50. The maximum absolute atomic E-state index is 13.1. The zero-order valence-corrected chi connectivity index (χ0v) is 16.3. The Balaban J connectivity index is 1.43. The van der Waals surface area contributed by atoms with Gasteiger partial charge in [0.2, 0.25) is 5.91 Å². The summed E-state index contributed by atoms with van der Waals surface area (Å²) >= 11 is 3.44. The van der Waals surface area contributed by atoms with Gasteiger partial charge in [-0.05, 0) is 54.7 Å². The summed E-state index contributed by atoms with van der Waals surface area (Å²) in [6.45, 7) is 1.69. The van der Waals surface area contributed by atoms with Crippen molar-refractivity contribution in [2.75, 3.05) is 19.7 Å². The lowest BCUT2D eigenvalue weighted by molar-refractivity contribution is -0.139. The topological polar surface area (TPSA) is 29.5 Å². The molecule has 0 spiro atoms. The van der Waals surface area contributed by atoms with Crippen LogP contribution in [-0.2, 0) is 16.0 Å². The monoisotopic (exact) mass is 419 g/mol. The number of carbonyl (C=O) groups is 1. The van der Waals surface area contributed by atoms with Crippen molar-refractivity contribution >= 4 is 21.8 Å². The van der Waals surface area contributed by atoms with E-state index < -0.39 is 0 Å². The number of nitrogens with zero attached hydrogens (tertiary/aromatic N) is 1. The molecule has 0 N–H and O–H groups in total. The van der Waals surface area contributed by atoms with E-state index in [-0.39, 0.29) is 17.8 Å². The summed E-state index contributed by atoms with van der Waals surface area (Å²) in [5, 5.41) is 0. The minimum atomic E-state index is -0.261. The maximum Gasteiger partial charge on any atom is 0.222 e. The second kappa shape index (κ2) is 9.28. The summed E-state index contributed by atoms with van der Waals surface area (Å²) in [7, 11) is 0. The van der Waals surface area contributed by atoms with Crippen molar-refractivity contribution in [1.82, 2.24) is 4.90 Å². The number of carbonyl (C=O) groups excluding carboxylic acids is 1. The minimum absolute atomic E-state index is 0.170. The van der Waals surface area contributed by atoms with Gasteiger partial charge in [0.25, 0.3) is 0 Å². The van der Waals surface area contributed by atoms with Crippen LogP contribution in [0, 0.1) is 5.82 Å². The molecular formula is C21H23BrFNO2. The van der Waals surface area contributed by atoms with Crippen molar-refractivity contribution in [2.24, 2.45) is 0 Å². The van der Waals surface area contributed by atoms with Crippen LogP contribution in [0.25, 0.3) is 0 Å². The third kappa shape index (κ3) is 5.39. The minimum Gasteiger partial charge on any atom is -0.370 e. The number of amides is 1. The van der Waals surface area contributed by atoms with E-state index >= 15 is 0 Å². The molecule has 1 amide bonds. The normalized spacial score (nSPS) is 17.3. The summed E-state index contributed by atoms with van der Waals surface area (Å²) in [5.74, 6) is -0.0838. The average Bonchev–Trinajstić information content (AvgIpc) is 2.67. The smallest absolute Gasteiger partial charge is 0.222 e. The van der Waals surface area contributed by atoms with Crippen molar-refractivity contribution in [3.63, 3.8) is 0 Å². The van der Waals surface area contributed by atoms with Crippen LogP contribution in [-0.4, -0.2) is 30.5 Å². The molecule has 0 bridgehead atoms. The standard InChI is InChI=1S/C21H23BrFNO2/c22-18-9-5-16(6-10-18)3-1-2-4-21(25)24-13-14-26-20(15-24)17-7-11-19(23)12-8-17/h5-12,20H,1-4,13-15H2. The summed E-state index contributed by atoms with van der Waals surface area (Å²) in [5.41, 5.74) is 2.21. The number of ether oxygens (including phenoxy) is 1. The van der Waals surface area contributed by atoms with E-state index in [9.17, 15) is 9.18 Å². The van der Waals surface area contributed by atoms with Gasteiger partial charge in [0, 0.05) is 17.4 Å². The van der Waals surface area contributed by atoms with Gasteiger partial charge in [0.15, 0.2) is 0 Å². The van der Waals surface area contributed by atoms with Crippen molar-refractivity contribution in [3.05, 3.63) is 69.9 Å². The predicted octanol–water partition coefficient (Wildman–Crippen LogP) is 4.90. The Morgan fingerprint density at radius 1 is 1.12 bits per heavy atom. The first-order chi connectivity index (χ1) is 12.6. The van der Waals surface area contributed by atoms with Crippen LogP contribution in [0.15, 0.2) is 53.0 Å². The second-order valence-electron chi connectivity index (χ2n) is 6.58. The van der Waals surface area contributed by atoms with Gasteiger partial charge in [0.1, 0.15) is 11.9 Å². The lowest BCUT2D eigenvalue weighted by Crippen LogP contribution is -2.42. The summed E-state index contributed by atoms with van der Waals surface area (Å²) in [6, 6.07) is 14.6. The van der Waals surface area contributed by atoms with E-state index in [4.69, 9.17) is 4.74 Å². The highest BCUT2D eigenvalue weighted by atomic mass is 79.9. The lowest BCUT2D eigenvalue weighted by atomic mass is 10.1. The van der Waals surface area contributed by atoms with Crippen LogP contribution in [0.1, 0.15) is 36.5 Å². The highest BCUT2D eigenvalue weighted by molar-refractivity contribution is 9.10. The zero-order chi connectivity index (χ0) is 18.4. The molecule has 1 atom stereocenters. The summed E-state index contributed by atoms with van der Waals surface area (Å²) in [6.07, 6.45) is 3.26. The molecule has 2 aromatic carbocycles. The summed E-state index contributed by atoms with van der Waals surface area (Å²) < 4.78 is 19.9. The molecule has 1 heterocycles. The molecular weight excluding hydrogens is 397 g/mol. The number of morpholine rings is 1. The van der Waals surface area contributed by atoms with Crippen LogP contribution in [0.3, 0.4) is 0 Å². The van der Waals surface area contributed by atoms with Crippen LogP contribution in [0.5, 0.6) is 0 Å². The van der Waals surface area contributed by atoms with Crippen molar-refractivity contribution in [1.29, 1.82) is 0 Å².